The summed E-state index contributed by atoms with van der Waals surface area (Å²) in [6.07, 6.45) is -1.05. The largest absolute Gasteiger partial charge is 0.451 e. The Balaban J connectivity index is 1.89. The molecule has 2 aromatic rings. The highest BCUT2D eigenvalue weighted by Crippen LogP contribution is 2.15. The Morgan fingerprint density at radius 2 is 1.59 bits per heavy atom. The van der Waals surface area contributed by atoms with Crippen LogP contribution in [0.1, 0.15) is 24.2 Å². The fourth-order valence-electron chi connectivity index (χ4n) is 2.09. The average Bonchev–Trinajstić information content (AvgIpc) is 2.63. The van der Waals surface area contributed by atoms with Gasteiger partial charge in [0, 0.05) is 10.7 Å². The number of hydrogen-bond donors (Lipinski definition) is 2. The van der Waals surface area contributed by atoms with Crippen LogP contribution in [-0.2, 0) is 14.3 Å². The minimum atomic E-state index is -1.05. The third-order valence-electron chi connectivity index (χ3n) is 3.59. The van der Waals surface area contributed by atoms with Gasteiger partial charge in [-0.05, 0) is 50.2 Å². The molecule has 0 aromatic heterocycles. The van der Waals surface area contributed by atoms with Crippen molar-refractivity contribution in [1.29, 1.82) is 0 Å². The summed E-state index contributed by atoms with van der Waals surface area (Å²) in [6.45, 7) is 2.90. The fourth-order valence-corrected chi connectivity index (χ4v) is 2.43. The first-order valence-electron chi connectivity index (χ1n) is 8.10. The molecule has 0 bridgehead atoms. The van der Waals surface area contributed by atoms with Gasteiger partial charge in [-0.15, -0.1) is 0 Å². The van der Waals surface area contributed by atoms with Crippen LogP contribution in [0, 0.1) is 0 Å². The first-order chi connectivity index (χ1) is 12.8. The fraction of sp³-hybridized carbons (Fsp3) is 0.211. The van der Waals surface area contributed by atoms with Crippen LogP contribution in [0.25, 0.3) is 0 Å². The van der Waals surface area contributed by atoms with Crippen LogP contribution >= 0.6 is 23.2 Å². The number of esters is 1. The summed E-state index contributed by atoms with van der Waals surface area (Å²) in [7, 11) is 0. The van der Waals surface area contributed by atoms with Crippen LogP contribution < -0.4 is 10.6 Å². The number of hydrogen-bond acceptors (Lipinski definition) is 4. The van der Waals surface area contributed by atoms with Gasteiger partial charge in [0.1, 0.15) is 6.04 Å². The van der Waals surface area contributed by atoms with Gasteiger partial charge in [0.2, 0.25) is 0 Å². The van der Waals surface area contributed by atoms with E-state index in [4.69, 9.17) is 27.9 Å². The minimum absolute atomic E-state index is 0.243. The molecule has 6 nitrogen and oxygen atoms in total. The minimum Gasteiger partial charge on any atom is -0.451 e. The third kappa shape index (κ3) is 5.98. The smallest absolute Gasteiger partial charge is 0.329 e. The van der Waals surface area contributed by atoms with Crippen molar-refractivity contribution in [2.75, 3.05) is 5.32 Å². The van der Waals surface area contributed by atoms with Crippen LogP contribution in [0.3, 0.4) is 0 Å². The van der Waals surface area contributed by atoms with Gasteiger partial charge in [-0.2, -0.15) is 0 Å². The van der Waals surface area contributed by atoms with Gasteiger partial charge in [0.05, 0.1) is 10.6 Å². The molecular weight excluding hydrogens is 391 g/mol. The Morgan fingerprint density at radius 1 is 0.963 bits per heavy atom. The van der Waals surface area contributed by atoms with Gasteiger partial charge in [-0.1, -0.05) is 35.3 Å². The van der Waals surface area contributed by atoms with E-state index >= 15 is 0 Å². The Kier molecular flexibility index (Phi) is 7.21. The van der Waals surface area contributed by atoms with E-state index in [0.29, 0.717) is 10.7 Å². The molecule has 0 spiro atoms. The van der Waals surface area contributed by atoms with E-state index in [1.54, 1.807) is 42.5 Å². The quantitative estimate of drug-likeness (QED) is 0.713. The van der Waals surface area contributed by atoms with Crippen molar-refractivity contribution < 1.29 is 19.1 Å². The van der Waals surface area contributed by atoms with Crippen LogP contribution in [0.15, 0.2) is 48.5 Å². The molecule has 2 N–H and O–H groups in total. The lowest BCUT2D eigenvalue weighted by Crippen LogP contribution is -2.42. The van der Waals surface area contributed by atoms with E-state index < -0.39 is 29.9 Å². The molecule has 2 atom stereocenters. The highest BCUT2D eigenvalue weighted by Gasteiger charge is 2.24. The molecule has 0 saturated carbocycles. The maximum atomic E-state index is 12.2. The predicted molar refractivity (Wildman–Crippen MR) is 104 cm³/mol. The second-order valence-corrected chi connectivity index (χ2v) is 6.59. The van der Waals surface area contributed by atoms with E-state index in [1.807, 2.05) is 0 Å². The SMILES string of the molecule is C[C@H](NC(=O)c1ccccc1Cl)C(=O)O[C@H](C)C(=O)Nc1ccc(Cl)cc1. The average molecular weight is 409 g/mol. The van der Waals surface area contributed by atoms with Gasteiger partial charge in [0.15, 0.2) is 6.10 Å². The number of benzene rings is 2. The molecule has 2 aromatic carbocycles. The van der Waals surface area contributed by atoms with Crippen LogP contribution in [-0.4, -0.2) is 29.9 Å². The monoisotopic (exact) mass is 408 g/mol. The highest BCUT2D eigenvalue weighted by molar-refractivity contribution is 6.33. The second kappa shape index (κ2) is 9.39. The number of halogens is 2. The van der Waals surface area contributed by atoms with Crippen LogP contribution in [0.4, 0.5) is 5.69 Å². The van der Waals surface area contributed by atoms with E-state index in [2.05, 4.69) is 10.6 Å². The van der Waals surface area contributed by atoms with Crippen molar-refractivity contribution in [2.45, 2.75) is 26.0 Å². The van der Waals surface area contributed by atoms with Gasteiger partial charge in [-0.25, -0.2) is 4.79 Å². The summed E-state index contributed by atoms with van der Waals surface area (Å²) in [5.41, 5.74) is 0.764. The van der Waals surface area contributed by atoms with Crippen molar-refractivity contribution >= 4 is 46.7 Å². The standard InChI is InChI=1S/C19H18Cl2N2O4/c1-11(22-18(25)15-5-3-4-6-16(15)21)19(26)27-12(2)17(24)23-14-9-7-13(20)8-10-14/h3-12H,1-2H3,(H,22,25)(H,23,24)/t11-,12+/m0/s1. The third-order valence-corrected chi connectivity index (χ3v) is 4.18. The van der Waals surface area contributed by atoms with Crippen molar-refractivity contribution in [1.82, 2.24) is 5.32 Å². The zero-order valence-electron chi connectivity index (χ0n) is 14.7. The molecule has 0 radical (unpaired) electrons. The number of rotatable bonds is 6. The van der Waals surface area contributed by atoms with Crippen molar-refractivity contribution in [3.05, 3.63) is 64.1 Å². The lowest BCUT2D eigenvalue weighted by atomic mass is 10.2. The van der Waals surface area contributed by atoms with E-state index in [1.165, 1.54) is 19.9 Å². The number of amides is 2. The molecule has 8 heteroatoms. The number of nitrogens with one attached hydrogen (secondary N) is 2. The zero-order chi connectivity index (χ0) is 20.0. The van der Waals surface area contributed by atoms with Crippen molar-refractivity contribution in [3.8, 4) is 0 Å². The number of ether oxygens (including phenoxy) is 1. The molecule has 0 unspecified atom stereocenters. The maximum Gasteiger partial charge on any atom is 0.329 e. The molecule has 0 fully saturated rings. The molecule has 27 heavy (non-hydrogen) atoms. The highest BCUT2D eigenvalue weighted by atomic mass is 35.5. The zero-order valence-corrected chi connectivity index (χ0v) is 16.2. The van der Waals surface area contributed by atoms with Gasteiger partial charge in [-0.3, -0.25) is 9.59 Å². The molecule has 0 aliphatic carbocycles. The number of anilines is 1. The van der Waals surface area contributed by atoms with Crippen LogP contribution in [0.5, 0.6) is 0 Å². The van der Waals surface area contributed by atoms with E-state index in [0.717, 1.165) is 0 Å². The van der Waals surface area contributed by atoms with Gasteiger partial charge < -0.3 is 15.4 Å². The summed E-state index contributed by atoms with van der Waals surface area (Å²) in [6, 6.07) is 12.0. The lowest BCUT2D eigenvalue weighted by Gasteiger charge is -2.18. The summed E-state index contributed by atoms with van der Waals surface area (Å²) in [4.78, 5) is 36.4. The van der Waals surface area contributed by atoms with Gasteiger partial charge in [0.25, 0.3) is 11.8 Å². The van der Waals surface area contributed by atoms with E-state index in [9.17, 15) is 14.4 Å². The molecular formula is C19H18Cl2N2O4. The summed E-state index contributed by atoms with van der Waals surface area (Å²) in [5.74, 6) is -1.76. The second-order valence-electron chi connectivity index (χ2n) is 5.75. The Hall–Kier alpha value is -2.57. The summed E-state index contributed by atoms with van der Waals surface area (Å²) < 4.78 is 5.11. The molecule has 0 saturated heterocycles. The molecule has 2 amide bonds. The molecule has 0 aliphatic heterocycles. The predicted octanol–water partition coefficient (Wildman–Crippen LogP) is 3.68. The normalized spacial score (nSPS) is 12.6. The molecule has 0 heterocycles. The summed E-state index contributed by atoms with van der Waals surface area (Å²) >= 11 is 11.7. The maximum absolute atomic E-state index is 12.2. The Bertz CT molecular complexity index is 840. The molecule has 0 aliphatic rings. The van der Waals surface area contributed by atoms with Crippen molar-refractivity contribution in [2.24, 2.45) is 0 Å². The topological polar surface area (TPSA) is 84.5 Å². The van der Waals surface area contributed by atoms with Crippen LogP contribution in [0.2, 0.25) is 10.0 Å². The molecule has 2 rings (SSSR count). The lowest BCUT2D eigenvalue weighted by molar-refractivity contribution is -0.154. The Morgan fingerprint density at radius 3 is 2.22 bits per heavy atom. The Labute approximate surface area is 166 Å². The first kappa shape index (κ1) is 20.7. The van der Waals surface area contributed by atoms with Gasteiger partial charge >= 0.3 is 5.97 Å². The van der Waals surface area contributed by atoms with E-state index in [-0.39, 0.29) is 10.6 Å². The number of carbonyl (C=O) groups is 3. The van der Waals surface area contributed by atoms with Crippen molar-refractivity contribution in [3.63, 3.8) is 0 Å². The summed E-state index contributed by atoms with van der Waals surface area (Å²) in [5, 5.41) is 5.91. The first-order valence-corrected chi connectivity index (χ1v) is 8.86. The molecule has 142 valence electrons. The number of carbonyl (C=O) groups excluding carboxylic acids is 3.